The first-order chi connectivity index (χ1) is 17.5. The van der Waals surface area contributed by atoms with Crippen molar-refractivity contribution in [3.63, 3.8) is 0 Å². The molecule has 2 aliphatic rings. The number of aliphatic carboxylic acids is 1. The Balaban J connectivity index is 1.71. The third-order valence-electron chi connectivity index (χ3n) is 7.85. The Morgan fingerprint density at radius 3 is 2.35 bits per heavy atom. The molecule has 2 saturated heterocycles. The standard InChI is InChI=1S/C27H31Cl2NO6S/c1-15(16(2)26(17-6-8-20(28)9-7-17)37(34,35)22-13-36-14-22)25-23(18-4-3-5-21(29)10-18)11-19(12-24(31)32)27(33)30-25/h3-10,15-16,19,22-23,25-26H,11-14H2,1-2H3,(H,30,33)(H,31,32)/t15?,16?,19-,23-,25+,26?/m1/s1. The Bertz CT molecular complexity index is 1250. The highest BCUT2D eigenvalue weighted by Gasteiger charge is 2.47. The summed E-state index contributed by atoms with van der Waals surface area (Å²) in [6.07, 6.45) is 0.0536. The lowest BCUT2D eigenvalue weighted by atomic mass is 9.71. The van der Waals surface area contributed by atoms with Crippen molar-refractivity contribution in [2.45, 2.75) is 49.1 Å². The highest BCUT2D eigenvalue weighted by atomic mass is 35.5. The third-order valence-corrected chi connectivity index (χ3v) is 10.9. The molecule has 0 bridgehead atoms. The lowest BCUT2D eigenvalue weighted by Crippen LogP contribution is -2.54. The van der Waals surface area contributed by atoms with E-state index in [2.05, 4.69) is 5.32 Å². The van der Waals surface area contributed by atoms with Gasteiger partial charge in [0.2, 0.25) is 5.91 Å². The van der Waals surface area contributed by atoms with Gasteiger partial charge in [-0.05, 0) is 53.6 Å². The second-order valence-electron chi connectivity index (χ2n) is 10.2. The van der Waals surface area contributed by atoms with Crippen LogP contribution in [0.4, 0.5) is 0 Å². The molecule has 0 aromatic heterocycles. The van der Waals surface area contributed by atoms with E-state index >= 15 is 0 Å². The molecule has 37 heavy (non-hydrogen) atoms. The predicted molar refractivity (Wildman–Crippen MR) is 143 cm³/mol. The molecule has 2 fully saturated rings. The maximum Gasteiger partial charge on any atom is 0.304 e. The number of ether oxygens (including phenoxy) is 1. The summed E-state index contributed by atoms with van der Waals surface area (Å²) in [6, 6.07) is 13.7. The van der Waals surface area contributed by atoms with Crippen molar-refractivity contribution in [2.75, 3.05) is 13.2 Å². The smallest absolute Gasteiger partial charge is 0.304 e. The predicted octanol–water partition coefficient (Wildman–Crippen LogP) is 4.88. The molecule has 3 unspecified atom stereocenters. The van der Waals surface area contributed by atoms with Gasteiger partial charge in [0.05, 0.1) is 24.9 Å². The van der Waals surface area contributed by atoms with Crippen LogP contribution in [0.25, 0.3) is 0 Å². The number of halogens is 2. The highest BCUT2D eigenvalue weighted by Crippen LogP contribution is 2.44. The largest absolute Gasteiger partial charge is 0.481 e. The SMILES string of the molecule is CC(C(C)[C@@H]1NC(=O)[C@@H](CC(=O)O)C[C@@H]1c1cccc(Cl)c1)C(c1ccc(Cl)cc1)S(=O)(=O)C1COC1. The van der Waals surface area contributed by atoms with Crippen molar-refractivity contribution in [2.24, 2.45) is 17.8 Å². The van der Waals surface area contributed by atoms with Crippen LogP contribution in [-0.4, -0.2) is 49.9 Å². The van der Waals surface area contributed by atoms with Gasteiger partial charge in [-0.2, -0.15) is 0 Å². The first-order valence-electron chi connectivity index (χ1n) is 12.3. The Morgan fingerprint density at radius 1 is 1.11 bits per heavy atom. The second-order valence-corrected chi connectivity index (χ2v) is 13.4. The van der Waals surface area contributed by atoms with Crippen LogP contribution in [0.5, 0.6) is 0 Å². The van der Waals surface area contributed by atoms with E-state index in [-0.39, 0.29) is 37.4 Å². The van der Waals surface area contributed by atoms with Gasteiger partial charge in [-0.25, -0.2) is 8.42 Å². The summed E-state index contributed by atoms with van der Waals surface area (Å²) in [5.74, 6) is -2.98. The van der Waals surface area contributed by atoms with E-state index in [1.807, 2.05) is 32.0 Å². The van der Waals surface area contributed by atoms with Crippen molar-refractivity contribution in [3.05, 3.63) is 69.7 Å². The fraction of sp³-hybridized carbons (Fsp3) is 0.481. The minimum Gasteiger partial charge on any atom is -0.481 e. The van der Waals surface area contributed by atoms with Gasteiger partial charge >= 0.3 is 5.97 Å². The monoisotopic (exact) mass is 567 g/mol. The number of hydrogen-bond acceptors (Lipinski definition) is 5. The van der Waals surface area contributed by atoms with Crippen molar-refractivity contribution >= 4 is 44.9 Å². The Hall–Kier alpha value is -2.13. The third kappa shape index (κ3) is 5.98. The molecule has 10 heteroatoms. The minimum atomic E-state index is -3.62. The van der Waals surface area contributed by atoms with E-state index in [0.717, 1.165) is 5.56 Å². The zero-order valence-electron chi connectivity index (χ0n) is 20.6. The molecule has 0 aliphatic carbocycles. The zero-order chi connectivity index (χ0) is 26.9. The van der Waals surface area contributed by atoms with Crippen molar-refractivity contribution in [1.29, 1.82) is 0 Å². The maximum absolute atomic E-state index is 13.8. The van der Waals surface area contributed by atoms with Crippen LogP contribution in [0, 0.1) is 17.8 Å². The molecule has 1 amide bonds. The van der Waals surface area contributed by atoms with Gasteiger partial charge < -0.3 is 15.2 Å². The van der Waals surface area contributed by atoms with Gasteiger partial charge in [0, 0.05) is 27.9 Å². The van der Waals surface area contributed by atoms with E-state index in [9.17, 15) is 23.1 Å². The van der Waals surface area contributed by atoms with E-state index in [4.69, 9.17) is 27.9 Å². The number of piperidine rings is 1. The van der Waals surface area contributed by atoms with Gasteiger partial charge in [-0.3, -0.25) is 9.59 Å². The summed E-state index contributed by atoms with van der Waals surface area (Å²) in [5, 5.41) is 12.0. The molecule has 2 aromatic carbocycles. The molecule has 6 atom stereocenters. The zero-order valence-corrected chi connectivity index (χ0v) is 23.0. The Labute approximate surface area is 227 Å². The topological polar surface area (TPSA) is 110 Å². The van der Waals surface area contributed by atoms with Crippen LogP contribution < -0.4 is 5.32 Å². The van der Waals surface area contributed by atoms with Gasteiger partial charge in [-0.1, -0.05) is 61.3 Å². The number of carboxylic acid groups (broad SMARTS) is 1. The van der Waals surface area contributed by atoms with Crippen molar-refractivity contribution in [3.8, 4) is 0 Å². The van der Waals surface area contributed by atoms with Crippen LogP contribution in [0.1, 0.15) is 49.0 Å². The van der Waals surface area contributed by atoms with Crippen LogP contribution in [0.3, 0.4) is 0 Å². The number of rotatable bonds is 9. The summed E-state index contributed by atoms with van der Waals surface area (Å²) in [7, 11) is -3.62. The second kappa shape index (κ2) is 11.3. The summed E-state index contributed by atoms with van der Waals surface area (Å²) < 4.78 is 32.8. The van der Waals surface area contributed by atoms with Gasteiger partial charge in [0.15, 0.2) is 9.84 Å². The average Bonchev–Trinajstić information content (AvgIpc) is 2.79. The van der Waals surface area contributed by atoms with Crippen molar-refractivity contribution in [1.82, 2.24) is 5.32 Å². The molecule has 2 aromatic rings. The molecule has 7 nitrogen and oxygen atoms in total. The van der Waals surface area contributed by atoms with Crippen LogP contribution >= 0.6 is 23.2 Å². The van der Waals surface area contributed by atoms with E-state index in [1.165, 1.54) is 0 Å². The number of carboxylic acids is 1. The Morgan fingerprint density at radius 2 is 1.78 bits per heavy atom. The lowest BCUT2D eigenvalue weighted by Gasteiger charge is -2.43. The summed E-state index contributed by atoms with van der Waals surface area (Å²) in [5.41, 5.74) is 1.52. The molecule has 4 rings (SSSR count). The molecule has 0 saturated carbocycles. The molecule has 2 heterocycles. The van der Waals surface area contributed by atoms with E-state index in [0.29, 0.717) is 22.0 Å². The van der Waals surface area contributed by atoms with Crippen LogP contribution in [0.2, 0.25) is 10.0 Å². The molecule has 200 valence electrons. The lowest BCUT2D eigenvalue weighted by molar-refractivity contribution is -0.142. The number of carbonyl (C=O) groups excluding carboxylic acids is 1. The first-order valence-corrected chi connectivity index (χ1v) is 14.7. The maximum atomic E-state index is 13.8. The molecule has 0 radical (unpaired) electrons. The number of nitrogens with one attached hydrogen (secondary N) is 1. The quantitative estimate of drug-likeness (QED) is 0.446. The summed E-state index contributed by atoms with van der Waals surface area (Å²) in [6.45, 7) is 4.16. The molecular formula is C27H31Cl2NO6S. The average molecular weight is 569 g/mol. The fourth-order valence-corrected chi connectivity index (χ4v) is 8.26. The number of carbonyl (C=O) groups is 2. The first kappa shape index (κ1) is 27.9. The minimum absolute atomic E-state index is 0.162. The number of amides is 1. The number of hydrogen-bond donors (Lipinski definition) is 2. The van der Waals surface area contributed by atoms with Crippen molar-refractivity contribution < 1.29 is 27.9 Å². The molecule has 0 spiro atoms. The number of sulfone groups is 1. The van der Waals surface area contributed by atoms with Gasteiger partial charge in [-0.15, -0.1) is 0 Å². The highest BCUT2D eigenvalue weighted by molar-refractivity contribution is 7.92. The van der Waals surface area contributed by atoms with Crippen LogP contribution in [-0.2, 0) is 24.2 Å². The molecule has 2 N–H and O–H groups in total. The van der Waals surface area contributed by atoms with E-state index < -0.39 is 44.2 Å². The normalized spacial score (nSPS) is 25.0. The summed E-state index contributed by atoms with van der Waals surface area (Å²) >= 11 is 12.4. The van der Waals surface area contributed by atoms with Gasteiger partial charge in [0.1, 0.15) is 5.25 Å². The van der Waals surface area contributed by atoms with Crippen LogP contribution in [0.15, 0.2) is 48.5 Å². The van der Waals surface area contributed by atoms with E-state index in [1.54, 1.807) is 30.3 Å². The molecule has 2 aliphatic heterocycles. The summed E-state index contributed by atoms with van der Waals surface area (Å²) in [4.78, 5) is 24.4. The Kier molecular flexibility index (Phi) is 8.53. The van der Waals surface area contributed by atoms with Gasteiger partial charge in [0.25, 0.3) is 0 Å². The fourth-order valence-electron chi connectivity index (χ4n) is 5.57. The number of benzene rings is 2. The molecular weight excluding hydrogens is 537 g/mol.